The first-order valence-electron chi connectivity index (χ1n) is 8.16. The van der Waals surface area contributed by atoms with E-state index in [1.807, 2.05) is 0 Å². The van der Waals surface area contributed by atoms with E-state index in [2.05, 4.69) is 15.0 Å². The summed E-state index contributed by atoms with van der Waals surface area (Å²) in [6.45, 7) is 2.19. The number of aldehydes is 1. The molecular formula is C17H19F3N4O. The molecule has 3 rings (SSSR count). The van der Waals surface area contributed by atoms with Crippen LogP contribution < -0.4 is 0 Å². The molecule has 2 heterocycles. The zero-order chi connectivity index (χ0) is 17.9. The van der Waals surface area contributed by atoms with Gasteiger partial charge in [0.05, 0.1) is 11.6 Å². The number of alkyl halides is 3. The predicted octanol–water partition coefficient (Wildman–Crippen LogP) is 2.80. The molecule has 2 aromatic rings. The number of carbonyl (C=O) groups is 1. The Hall–Kier alpha value is -2.22. The minimum atomic E-state index is -4.35. The zero-order valence-electron chi connectivity index (χ0n) is 13.6. The van der Waals surface area contributed by atoms with Gasteiger partial charge in [-0.05, 0) is 43.6 Å². The number of piperidine rings is 1. The largest absolute Gasteiger partial charge is 0.416 e. The van der Waals surface area contributed by atoms with Crippen LogP contribution in [0, 0.1) is 5.92 Å². The van der Waals surface area contributed by atoms with Gasteiger partial charge in [-0.2, -0.15) is 18.3 Å². The monoisotopic (exact) mass is 352 g/mol. The minimum Gasteiger partial charge on any atom is -0.303 e. The fourth-order valence-electron chi connectivity index (χ4n) is 3.13. The SMILES string of the molecule is O=CC1CCN(CC(c2ccc(C(F)(F)F)cc2)n2cncn2)CC1. The quantitative estimate of drug-likeness (QED) is 0.777. The molecule has 0 amide bonds. The van der Waals surface area contributed by atoms with Gasteiger partial charge in [0.15, 0.2) is 0 Å². The zero-order valence-corrected chi connectivity index (χ0v) is 13.6. The van der Waals surface area contributed by atoms with Gasteiger partial charge in [-0.25, -0.2) is 9.67 Å². The number of benzene rings is 1. The van der Waals surface area contributed by atoms with Crippen LogP contribution in [-0.4, -0.2) is 45.6 Å². The third-order valence-corrected chi connectivity index (χ3v) is 4.63. The van der Waals surface area contributed by atoms with Crippen LogP contribution in [-0.2, 0) is 11.0 Å². The summed E-state index contributed by atoms with van der Waals surface area (Å²) in [5, 5.41) is 4.16. The highest BCUT2D eigenvalue weighted by atomic mass is 19.4. The van der Waals surface area contributed by atoms with Crippen molar-refractivity contribution in [3.8, 4) is 0 Å². The number of likely N-dealkylation sites (tertiary alicyclic amines) is 1. The Labute approximate surface area is 143 Å². The van der Waals surface area contributed by atoms with Crippen LogP contribution >= 0.6 is 0 Å². The Morgan fingerprint density at radius 1 is 1.20 bits per heavy atom. The fraction of sp³-hybridized carbons (Fsp3) is 0.471. The molecule has 0 aliphatic carbocycles. The summed E-state index contributed by atoms with van der Waals surface area (Å²) in [6, 6.07) is 4.95. The van der Waals surface area contributed by atoms with Gasteiger partial charge in [-0.15, -0.1) is 0 Å². The molecule has 25 heavy (non-hydrogen) atoms. The molecule has 0 spiro atoms. The van der Waals surface area contributed by atoms with E-state index in [0.29, 0.717) is 6.54 Å². The summed E-state index contributed by atoms with van der Waals surface area (Å²) >= 11 is 0. The maximum atomic E-state index is 12.8. The summed E-state index contributed by atoms with van der Waals surface area (Å²) in [7, 11) is 0. The molecular weight excluding hydrogens is 333 g/mol. The van der Waals surface area contributed by atoms with Gasteiger partial charge < -0.3 is 9.69 Å². The standard InChI is InChI=1S/C17H19F3N4O/c18-17(19,20)15-3-1-14(2-4-15)16(24-12-21-11-22-24)9-23-7-5-13(10-25)6-8-23/h1-4,10-13,16H,5-9H2. The number of carbonyl (C=O) groups excluding carboxylic acids is 1. The summed E-state index contributed by atoms with van der Waals surface area (Å²) in [5.41, 5.74) is 0.0800. The van der Waals surface area contributed by atoms with Crippen LogP contribution in [0.25, 0.3) is 0 Å². The second-order valence-electron chi connectivity index (χ2n) is 6.29. The third-order valence-electron chi connectivity index (χ3n) is 4.63. The van der Waals surface area contributed by atoms with Crippen LogP contribution in [0.3, 0.4) is 0 Å². The van der Waals surface area contributed by atoms with E-state index in [4.69, 9.17) is 0 Å². The second-order valence-corrected chi connectivity index (χ2v) is 6.29. The van der Waals surface area contributed by atoms with Crippen molar-refractivity contribution in [2.45, 2.75) is 25.1 Å². The topological polar surface area (TPSA) is 51.0 Å². The maximum Gasteiger partial charge on any atom is 0.416 e. The van der Waals surface area contributed by atoms with E-state index in [0.717, 1.165) is 49.9 Å². The van der Waals surface area contributed by atoms with E-state index in [1.165, 1.54) is 18.5 Å². The summed E-state index contributed by atoms with van der Waals surface area (Å²) in [6.07, 6.45) is 1.25. The van der Waals surface area contributed by atoms with Gasteiger partial charge in [0, 0.05) is 12.5 Å². The molecule has 1 aromatic heterocycles. The predicted molar refractivity (Wildman–Crippen MR) is 84.8 cm³/mol. The summed E-state index contributed by atoms with van der Waals surface area (Å²) < 4.78 is 40.0. The Bertz CT molecular complexity index is 677. The highest BCUT2D eigenvalue weighted by Gasteiger charge is 2.31. The third kappa shape index (κ3) is 4.25. The number of hydrogen-bond donors (Lipinski definition) is 0. The van der Waals surface area contributed by atoms with E-state index >= 15 is 0 Å². The van der Waals surface area contributed by atoms with Crippen molar-refractivity contribution in [3.05, 3.63) is 48.0 Å². The normalized spacial score (nSPS) is 18.2. The van der Waals surface area contributed by atoms with Crippen molar-refractivity contribution >= 4 is 6.29 Å². The molecule has 1 atom stereocenters. The van der Waals surface area contributed by atoms with Gasteiger partial charge in [0.2, 0.25) is 0 Å². The number of rotatable bonds is 5. The lowest BCUT2D eigenvalue weighted by Crippen LogP contribution is -2.38. The lowest BCUT2D eigenvalue weighted by atomic mass is 9.97. The first kappa shape index (κ1) is 17.6. The first-order chi connectivity index (χ1) is 12.0. The van der Waals surface area contributed by atoms with E-state index in [-0.39, 0.29) is 12.0 Å². The minimum absolute atomic E-state index is 0.104. The number of nitrogens with zero attached hydrogens (tertiary/aromatic N) is 4. The van der Waals surface area contributed by atoms with Crippen molar-refractivity contribution in [3.63, 3.8) is 0 Å². The van der Waals surface area contributed by atoms with E-state index in [1.54, 1.807) is 11.0 Å². The van der Waals surface area contributed by atoms with Crippen LogP contribution in [0.2, 0.25) is 0 Å². The van der Waals surface area contributed by atoms with Crippen LogP contribution in [0.15, 0.2) is 36.9 Å². The highest BCUT2D eigenvalue weighted by molar-refractivity contribution is 5.53. The smallest absolute Gasteiger partial charge is 0.303 e. The molecule has 0 radical (unpaired) electrons. The highest BCUT2D eigenvalue weighted by Crippen LogP contribution is 2.30. The van der Waals surface area contributed by atoms with Gasteiger partial charge in [-0.3, -0.25) is 0 Å². The fourth-order valence-corrected chi connectivity index (χ4v) is 3.13. The molecule has 5 nitrogen and oxygen atoms in total. The average Bonchev–Trinajstić information content (AvgIpc) is 3.14. The van der Waals surface area contributed by atoms with Gasteiger partial charge in [0.25, 0.3) is 0 Å². The molecule has 1 unspecified atom stereocenters. The second kappa shape index (κ2) is 7.35. The first-order valence-corrected chi connectivity index (χ1v) is 8.16. The van der Waals surface area contributed by atoms with E-state index in [9.17, 15) is 18.0 Å². The summed E-state index contributed by atoms with van der Waals surface area (Å²) in [4.78, 5) is 17.0. The molecule has 1 aliphatic heterocycles. The van der Waals surface area contributed by atoms with Crippen LogP contribution in [0.5, 0.6) is 0 Å². The molecule has 0 saturated carbocycles. The van der Waals surface area contributed by atoms with Crippen molar-refractivity contribution in [2.24, 2.45) is 5.92 Å². The molecule has 134 valence electrons. The Balaban J connectivity index is 1.78. The van der Waals surface area contributed by atoms with Gasteiger partial charge in [0.1, 0.15) is 18.9 Å². The van der Waals surface area contributed by atoms with Gasteiger partial charge in [-0.1, -0.05) is 12.1 Å². The van der Waals surface area contributed by atoms with E-state index < -0.39 is 11.7 Å². The number of aromatic nitrogens is 3. The van der Waals surface area contributed by atoms with Crippen LogP contribution in [0.1, 0.15) is 30.0 Å². The molecule has 0 bridgehead atoms. The molecule has 1 aromatic carbocycles. The maximum absolute atomic E-state index is 12.8. The molecule has 0 N–H and O–H groups in total. The van der Waals surface area contributed by atoms with Crippen molar-refractivity contribution < 1.29 is 18.0 Å². The lowest BCUT2D eigenvalue weighted by molar-refractivity contribution is -0.137. The molecule has 8 heteroatoms. The molecule has 1 saturated heterocycles. The number of hydrogen-bond acceptors (Lipinski definition) is 4. The Morgan fingerprint density at radius 3 is 2.40 bits per heavy atom. The van der Waals surface area contributed by atoms with Crippen molar-refractivity contribution in [1.29, 1.82) is 0 Å². The van der Waals surface area contributed by atoms with Crippen LogP contribution in [0.4, 0.5) is 13.2 Å². The average molecular weight is 352 g/mol. The van der Waals surface area contributed by atoms with Crippen molar-refractivity contribution in [2.75, 3.05) is 19.6 Å². The Kier molecular flexibility index (Phi) is 5.17. The Morgan fingerprint density at radius 2 is 1.88 bits per heavy atom. The molecule has 1 aliphatic rings. The lowest BCUT2D eigenvalue weighted by Gasteiger charge is -2.32. The summed E-state index contributed by atoms with van der Waals surface area (Å²) in [5.74, 6) is 0.104. The van der Waals surface area contributed by atoms with Gasteiger partial charge >= 0.3 is 6.18 Å². The number of halogens is 3. The molecule has 1 fully saturated rings. The van der Waals surface area contributed by atoms with Crippen molar-refractivity contribution in [1.82, 2.24) is 19.7 Å².